The minimum Gasteiger partial charge on any atom is -0.460 e. The highest BCUT2D eigenvalue weighted by Gasteiger charge is 2.23. The molecule has 7 nitrogen and oxygen atoms in total. The minimum absolute atomic E-state index is 0.0358. The van der Waals surface area contributed by atoms with Crippen LogP contribution in [0.1, 0.15) is 12.0 Å². The maximum Gasteiger partial charge on any atom is 0.323 e. The summed E-state index contributed by atoms with van der Waals surface area (Å²) in [5.41, 5.74) is 0.910. The topological polar surface area (TPSA) is 91.5 Å². The van der Waals surface area contributed by atoms with E-state index in [4.69, 9.17) is 4.74 Å². The van der Waals surface area contributed by atoms with Gasteiger partial charge in [0.1, 0.15) is 12.6 Å². The van der Waals surface area contributed by atoms with Crippen LogP contribution in [0, 0.1) is 0 Å². The molecule has 1 aromatic rings. The van der Waals surface area contributed by atoms with E-state index < -0.39 is 12.0 Å². The number of hydrogen-bond acceptors (Lipinski definition) is 6. The molecule has 1 rings (SSSR count). The van der Waals surface area contributed by atoms with Crippen LogP contribution in [0.5, 0.6) is 0 Å². The monoisotopic (exact) mass is 336 g/mol. The second-order valence-electron chi connectivity index (χ2n) is 5.52. The molecule has 0 unspecified atom stereocenters. The average Bonchev–Trinajstić information content (AvgIpc) is 2.59. The lowest BCUT2D eigenvalue weighted by molar-refractivity contribution is -0.148. The molecule has 134 valence electrons. The number of hydrogen-bond donors (Lipinski definition) is 4. The first-order chi connectivity index (χ1) is 11.6. The molecule has 0 aliphatic carbocycles. The number of carbonyl (C=O) groups is 2. The zero-order valence-corrected chi connectivity index (χ0v) is 14.6. The fraction of sp³-hybridized carbons (Fsp3) is 0.529. The van der Waals surface area contributed by atoms with E-state index in [0.717, 1.165) is 5.56 Å². The van der Waals surface area contributed by atoms with Crippen molar-refractivity contribution in [3.63, 3.8) is 0 Å². The van der Waals surface area contributed by atoms with Gasteiger partial charge in [-0.25, -0.2) is 0 Å². The summed E-state index contributed by atoms with van der Waals surface area (Å²) in [5.74, 6) is -0.628. The summed E-state index contributed by atoms with van der Waals surface area (Å²) < 4.78 is 5.28. The van der Waals surface area contributed by atoms with E-state index in [0.29, 0.717) is 13.1 Å². The van der Waals surface area contributed by atoms with Crippen LogP contribution in [-0.4, -0.2) is 58.2 Å². The predicted octanol–water partition coefficient (Wildman–Crippen LogP) is -0.368. The van der Waals surface area contributed by atoms with Gasteiger partial charge in [-0.2, -0.15) is 0 Å². The molecule has 0 bridgehead atoms. The van der Waals surface area contributed by atoms with Crippen LogP contribution in [0.4, 0.5) is 0 Å². The van der Waals surface area contributed by atoms with Gasteiger partial charge in [-0.1, -0.05) is 30.3 Å². The van der Waals surface area contributed by atoms with Crippen LogP contribution in [0.15, 0.2) is 30.3 Å². The van der Waals surface area contributed by atoms with Crippen molar-refractivity contribution < 1.29 is 14.3 Å². The van der Waals surface area contributed by atoms with E-state index in [1.54, 1.807) is 7.05 Å². The normalized spacial score (nSPS) is 12.0. The number of ether oxygens (including phenoxy) is 1. The Labute approximate surface area is 143 Å². The minimum atomic E-state index is -0.668. The van der Waals surface area contributed by atoms with Crippen LogP contribution >= 0.6 is 0 Å². The fourth-order valence-electron chi connectivity index (χ4n) is 2.27. The van der Waals surface area contributed by atoms with Crippen LogP contribution in [-0.2, 0) is 20.9 Å². The molecule has 0 aromatic heterocycles. The first-order valence-electron chi connectivity index (χ1n) is 8.07. The van der Waals surface area contributed by atoms with Gasteiger partial charge in [-0.15, -0.1) is 0 Å². The van der Waals surface area contributed by atoms with Crippen LogP contribution in [0.25, 0.3) is 0 Å². The highest BCUT2D eigenvalue weighted by Crippen LogP contribution is 2.03. The van der Waals surface area contributed by atoms with Gasteiger partial charge in [0.15, 0.2) is 0 Å². The molecule has 0 saturated heterocycles. The second kappa shape index (κ2) is 11.6. The number of rotatable bonds is 11. The van der Waals surface area contributed by atoms with Crippen molar-refractivity contribution in [2.75, 3.05) is 34.2 Å². The van der Waals surface area contributed by atoms with Crippen molar-refractivity contribution in [1.29, 1.82) is 0 Å². The Morgan fingerprint density at radius 3 is 2.21 bits per heavy atom. The van der Waals surface area contributed by atoms with Gasteiger partial charge in [0, 0.05) is 13.1 Å². The Bertz CT molecular complexity index is 490. The van der Waals surface area contributed by atoms with Gasteiger partial charge in [0.05, 0.1) is 12.5 Å². The third-order valence-corrected chi connectivity index (χ3v) is 3.51. The Kier molecular flexibility index (Phi) is 9.67. The number of likely N-dealkylation sites (N-methyl/N-ethyl adjacent to an activating group) is 3. The molecule has 4 N–H and O–H groups in total. The molecule has 1 aromatic carbocycles. The summed E-state index contributed by atoms with van der Waals surface area (Å²) in [6.45, 7) is 1.49. The van der Waals surface area contributed by atoms with Crippen molar-refractivity contribution in [3.8, 4) is 0 Å². The van der Waals surface area contributed by atoms with Crippen LogP contribution in [0.3, 0.4) is 0 Å². The van der Waals surface area contributed by atoms with E-state index >= 15 is 0 Å². The first-order valence-corrected chi connectivity index (χ1v) is 8.07. The molecule has 24 heavy (non-hydrogen) atoms. The number of esters is 1. The quantitative estimate of drug-likeness (QED) is 0.412. The molecule has 0 saturated carbocycles. The molecule has 0 aliphatic heterocycles. The second-order valence-corrected chi connectivity index (χ2v) is 5.52. The number of nitrogens with one attached hydrogen (secondary N) is 4. The van der Waals surface area contributed by atoms with Crippen LogP contribution < -0.4 is 21.3 Å². The molecule has 0 fully saturated rings. The molecular formula is C17H28N4O3. The Morgan fingerprint density at radius 1 is 1.04 bits per heavy atom. The van der Waals surface area contributed by atoms with Crippen molar-refractivity contribution >= 4 is 11.9 Å². The predicted molar refractivity (Wildman–Crippen MR) is 93.5 cm³/mol. The molecule has 0 heterocycles. The summed E-state index contributed by atoms with van der Waals surface area (Å²) in [4.78, 5) is 24.3. The summed E-state index contributed by atoms with van der Waals surface area (Å²) in [6, 6.07) is 8.73. The van der Waals surface area contributed by atoms with Crippen molar-refractivity contribution in [1.82, 2.24) is 21.3 Å². The van der Waals surface area contributed by atoms with Gasteiger partial charge in [-0.3, -0.25) is 9.59 Å². The van der Waals surface area contributed by atoms with E-state index in [1.807, 2.05) is 44.4 Å². The third-order valence-electron chi connectivity index (χ3n) is 3.51. The van der Waals surface area contributed by atoms with Gasteiger partial charge in [-0.05, 0) is 26.7 Å². The van der Waals surface area contributed by atoms with E-state index in [9.17, 15) is 9.59 Å². The van der Waals surface area contributed by atoms with Gasteiger partial charge < -0.3 is 26.0 Å². The number of carbonyl (C=O) groups excluding carboxylic acids is 2. The summed E-state index contributed by atoms with van der Waals surface area (Å²) in [7, 11) is 5.29. The molecular weight excluding hydrogens is 308 g/mol. The standard InChI is InChI=1S/C17H28N4O3/c1-18-10-14(11-19-2)21-16(22)9-15(20-3)17(23)24-12-13-7-5-4-6-8-13/h4-8,14-15,18-20H,9-12H2,1-3H3,(H,21,22)/t15-/m0/s1. The first kappa shape index (κ1) is 20.1. The third kappa shape index (κ3) is 7.54. The number of amides is 1. The smallest absolute Gasteiger partial charge is 0.323 e. The van der Waals surface area contributed by atoms with Crippen molar-refractivity contribution in [2.24, 2.45) is 0 Å². The van der Waals surface area contributed by atoms with Crippen molar-refractivity contribution in [3.05, 3.63) is 35.9 Å². The van der Waals surface area contributed by atoms with E-state index in [-0.39, 0.29) is 25.0 Å². The maximum absolute atomic E-state index is 12.1. The molecule has 1 atom stereocenters. The molecule has 0 spiro atoms. The van der Waals surface area contributed by atoms with Crippen molar-refractivity contribution in [2.45, 2.75) is 25.1 Å². The Morgan fingerprint density at radius 2 is 1.67 bits per heavy atom. The summed E-state index contributed by atoms with van der Waals surface area (Å²) >= 11 is 0. The van der Waals surface area contributed by atoms with E-state index in [2.05, 4.69) is 21.3 Å². The van der Waals surface area contributed by atoms with Crippen LogP contribution in [0.2, 0.25) is 0 Å². The largest absolute Gasteiger partial charge is 0.460 e. The fourth-order valence-corrected chi connectivity index (χ4v) is 2.27. The maximum atomic E-state index is 12.1. The zero-order chi connectivity index (χ0) is 17.8. The SMILES string of the molecule is CNCC(CNC)NC(=O)C[C@H](NC)C(=O)OCc1ccccc1. The van der Waals surface area contributed by atoms with Gasteiger partial charge in [0.25, 0.3) is 0 Å². The molecule has 7 heteroatoms. The Hall–Kier alpha value is -1.96. The lowest BCUT2D eigenvalue weighted by Gasteiger charge is -2.20. The Balaban J connectivity index is 2.46. The lowest BCUT2D eigenvalue weighted by Crippen LogP contribution is -2.49. The molecule has 1 amide bonds. The lowest BCUT2D eigenvalue weighted by atomic mass is 10.2. The highest BCUT2D eigenvalue weighted by atomic mass is 16.5. The summed E-state index contributed by atoms with van der Waals surface area (Å²) in [6.07, 6.45) is 0.0358. The summed E-state index contributed by atoms with van der Waals surface area (Å²) in [5, 5.41) is 11.8. The van der Waals surface area contributed by atoms with Gasteiger partial charge >= 0.3 is 5.97 Å². The van der Waals surface area contributed by atoms with E-state index in [1.165, 1.54) is 0 Å². The molecule has 0 aliphatic rings. The number of benzene rings is 1. The average molecular weight is 336 g/mol. The highest BCUT2D eigenvalue weighted by molar-refractivity contribution is 5.85. The van der Waals surface area contributed by atoms with Gasteiger partial charge in [0.2, 0.25) is 5.91 Å². The zero-order valence-electron chi connectivity index (χ0n) is 14.6. The molecule has 0 radical (unpaired) electrons.